The standard InChI is InChI=1S/C28H54/c1-3-5-16-26-17-12-10-8-6-7-9-11-13-19-27(20-14-18-26)28-23-21-25(15-4-2)22-24-28/h25-28H,3-24H2,1-2H3. The number of hydrogen-bond acceptors (Lipinski definition) is 0. The van der Waals surface area contributed by atoms with Gasteiger partial charge in [-0.2, -0.15) is 0 Å². The summed E-state index contributed by atoms with van der Waals surface area (Å²) >= 11 is 0. The van der Waals surface area contributed by atoms with Gasteiger partial charge in [0.05, 0.1) is 0 Å². The molecule has 2 aliphatic carbocycles. The van der Waals surface area contributed by atoms with Crippen molar-refractivity contribution in [1.29, 1.82) is 0 Å². The van der Waals surface area contributed by atoms with E-state index >= 15 is 0 Å². The van der Waals surface area contributed by atoms with Crippen LogP contribution in [0.3, 0.4) is 0 Å². The van der Waals surface area contributed by atoms with Crippen LogP contribution in [-0.2, 0) is 0 Å². The molecule has 0 amide bonds. The van der Waals surface area contributed by atoms with Crippen LogP contribution >= 0.6 is 0 Å². The fraction of sp³-hybridized carbons (Fsp3) is 1.00. The summed E-state index contributed by atoms with van der Waals surface area (Å²) in [5.74, 6) is 4.27. The van der Waals surface area contributed by atoms with Crippen molar-refractivity contribution in [1.82, 2.24) is 0 Å². The number of unbranched alkanes of at least 4 members (excludes halogenated alkanes) is 1. The quantitative estimate of drug-likeness (QED) is 0.423. The van der Waals surface area contributed by atoms with E-state index in [1.165, 1.54) is 96.3 Å². The van der Waals surface area contributed by atoms with Gasteiger partial charge in [0.25, 0.3) is 0 Å². The third-order valence-electron chi connectivity index (χ3n) is 8.35. The molecule has 0 saturated heterocycles. The molecule has 0 aromatic heterocycles. The van der Waals surface area contributed by atoms with E-state index in [9.17, 15) is 0 Å². The molecule has 2 atom stereocenters. The Labute approximate surface area is 179 Å². The first-order chi connectivity index (χ1) is 13.8. The van der Waals surface area contributed by atoms with E-state index in [0.29, 0.717) is 0 Å². The molecule has 0 heteroatoms. The van der Waals surface area contributed by atoms with Crippen LogP contribution in [0.2, 0.25) is 0 Å². The molecule has 0 aromatic carbocycles. The second kappa shape index (κ2) is 15.8. The normalized spacial score (nSPS) is 32.4. The fourth-order valence-corrected chi connectivity index (χ4v) is 6.47. The molecule has 2 saturated carbocycles. The molecule has 0 spiro atoms. The molecule has 0 heterocycles. The predicted octanol–water partition coefficient (Wildman–Crippen LogP) is 10.1. The van der Waals surface area contributed by atoms with Gasteiger partial charge in [0.15, 0.2) is 0 Å². The molecular weight excluding hydrogens is 336 g/mol. The fourth-order valence-electron chi connectivity index (χ4n) is 6.47. The SMILES string of the molecule is CCCCC1CCCCCCCCCCC(C2CCC(CCC)CC2)CCC1. The van der Waals surface area contributed by atoms with Crippen molar-refractivity contribution < 1.29 is 0 Å². The highest BCUT2D eigenvalue weighted by atomic mass is 14.3. The lowest BCUT2D eigenvalue weighted by molar-refractivity contribution is 0.174. The summed E-state index contributed by atoms with van der Waals surface area (Å²) in [4.78, 5) is 0. The van der Waals surface area contributed by atoms with Crippen molar-refractivity contribution in [3.05, 3.63) is 0 Å². The van der Waals surface area contributed by atoms with Crippen LogP contribution in [0.4, 0.5) is 0 Å². The molecule has 0 nitrogen and oxygen atoms in total. The highest BCUT2D eigenvalue weighted by molar-refractivity contribution is 4.78. The first-order valence-electron chi connectivity index (χ1n) is 13.8. The minimum atomic E-state index is 1.05. The predicted molar refractivity (Wildman–Crippen MR) is 127 cm³/mol. The maximum Gasteiger partial charge on any atom is -0.0386 e. The van der Waals surface area contributed by atoms with Crippen LogP contribution in [-0.4, -0.2) is 0 Å². The van der Waals surface area contributed by atoms with E-state index in [0.717, 1.165) is 23.7 Å². The molecule has 28 heavy (non-hydrogen) atoms. The largest absolute Gasteiger partial charge is 0.0654 e. The minimum Gasteiger partial charge on any atom is -0.0654 e. The summed E-state index contributed by atoms with van der Waals surface area (Å²) in [5, 5.41) is 0. The van der Waals surface area contributed by atoms with Crippen LogP contribution in [0.15, 0.2) is 0 Å². The van der Waals surface area contributed by atoms with E-state index in [1.54, 1.807) is 44.9 Å². The Bertz CT molecular complexity index is 338. The zero-order valence-corrected chi connectivity index (χ0v) is 19.9. The molecule has 2 unspecified atom stereocenters. The third-order valence-corrected chi connectivity index (χ3v) is 8.35. The molecule has 0 aliphatic heterocycles. The van der Waals surface area contributed by atoms with Crippen molar-refractivity contribution in [3.63, 3.8) is 0 Å². The van der Waals surface area contributed by atoms with E-state index in [-0.39, 0.29) is 0 Å². The Morgan fingerprint density at radius 1 is 0.429 bits per heavy atom. The van der Waals surface area contributed by atoms with Gasteiger partial charge >= 0.3 is 0 Å². The average Bonchev–Trinajstić information content (AvgIpc) is 2.72. The lowest BCUT2D eigenvalue weighted by Gasteiger charge is -2.34. The average molecular weight is 391 g/mol. The van der Waals surface area contributed by atoms with Gasteiger partial charge in [-0.05, 0) is 36.5 Å². The Balaban J connectivity index is 1.84. The summed E-state index contributed by atoms with van der Waals surface area (Å²) in [6.45, 7) is 4.75. The summed E-state index contributed by atoms with van der Waals surface area (Å²) in [6, 6.07) is 0. The monoisotopic (exact) mass is 390 g/mol. The lowest BCUT2D eigenvalue weighted by atomic mass is 9.71. The van der Waals surface area contributed by atoms with Crippen molar-refractivity contribution in [2.45, 2.75) is 155 Å². The highest BCUT2D eigenvalue weighted by Crippen LogP contribution is 2.39. The molecule has 0 radical (unpaired) electrons. The van der Waals surface area contributed by atoms with E-state index < -0.39 is 0 Å². The van der Waals surface area contributed by atoms with Crippen LogP contribution in [0.5, 0.6) is 0 Å². The van der Waals surface area contributed by atoms with E-state index in [2.05, 4.69) is 13.8 Å². The van der Waals surface area contributed by atoms with Gasteiger partial charge in [-0.3, -0.25) is 0 Å². The molecule has 2 rings (SSSR count). The van der Waals surface area contributed by atoms with Gasteiger partial charge in [0, 0.05) is 0 Å². The second-order valence-corrected chi connectivity index (χ2v) is 10.7. The molecule has 2 aliphatic rings. The van der Waals surface area contributed by atoms with Crippen LogP contribution in [0, 0.1) is 23.7 Å². The Morgan fingerprint density at radius 2 is 0.929 bits per heavy atom. The van der Waals surface area contributed by atoms with Gasteiger partial charge in [-0.1, -0.05) is 142 Å². The minimum absolute atomic E-state index is 1.05. The first-order valence-corrected chi connectivity index (χ1v) is 13.8. The van der Waals surface area contributed by atoms with Crippen LogP contribution in [0.25, 0.3) is 0 Å². The van der Waals surface area contributed by atoms with E-state index in [1.807, 2.05) is 0 Å². The molecule has 0 bridgehead atoms. The summed E-state index contributed by atoms with van der Waals surface area (Å²) in [6.07, 6.45) is 33.3. The Morgan fingerprint density at radius 3 is 1.57 bits per heavy atom. The van der Waals surface area contributed by atoms with Crippen molar-refractivity contribution >= 4 is 0 Å². The van der Waals surface area contributed by atoms with Gasteiger partial charge in [-0.15, -0.1) is 0 Å². The maximum atomic E-state index is 2.38. The number of rotatable bonds is 6. The zero-order valence-electron chi connectivity index (χ0n) is 19.9. The summed E-state index contributed by atoms with van der Waals surface area (Å²) in [5.41, 5.74) is 0. The first kappa shape index (κ1) is 24.3. The summed E-state index contributed by atoms with van der Waals surface area (Å²) in [7, 11) is 0. The zero-order chi connectivity index (χ0) is 19.9. The van der Waals surface area contributed by atoms with Gasteiger partial charge in [0.2, 0.25) is 0 Å². The Kier molecular flexibility index (Phi) is 13.7. The molecule has 2 fully saturated rings. The van der Waals surface area contributed by atoms with Gasteiger partial charge < -0.3 is 0 Å². The van der Waals surface area contributed by atoms with E-state index in [4.69, 9.17) is 0 Å². The third kappa shape index (κ3) is 10.2. The molecule has 0 N–H and O–H groups in total. The van der Waals surface area contributed by atoms with Crippen molar-refractivity contribution in [3.8, 4) is 0 Å². The summed E-state index contributed by atoms with van der Waals surface area (Å²) < 4.78 is 0. The second-order valence-electron chi connectivity index (χ2n) is 10.7. The molecule has 0 aromatic rings. The van der Waals surface area contributed by atoms with Gasteiger partial charge in [0.1, 0.15) is 0 Å². The van der Waals surface area contributed by atoms with Crippen LogP contribution in [0.1, 0.15) is 155 Å². The van der Waals surface area contributed by atoms with Crippen LogP contribution < -0.4 is 0 Å². The smallest absolute Gasteiger partial charge is 0.0386 e. The lowest BCUT2D eigenvalue weighted by Crippen LogP contribution is -2.22. The highest BCUT2D eigenvalue weighted by Gasteiger charge is 2.27. The maximum absolute atomic E-state index is 2.38. The number of hydrogen-bond donors (Lipinski definition) is 0. The molecule has 166 valence electrons. The van der Waals surface area contributed by atoms with Crippen molar-refractivity contribution in [2.24, 2.45) is 23.7 Å². The van der Waals surface area contributed by atoms with Gasteiger partial charge in [-0.25, -0.2) is 0 Å². The topological polar surface area (TPSA) is 0 Å². The van der Waals surface area contributed by atoms with Crippen molar-refractivity contribution in [2.75, 3.05) is 0 Å². The molecular formula is C28H54. The Hall–Kier alpha value is 0.